The summed E-state index contributed by atoms with van der Waals surface area (Å²) in [6.45, 7) is 0.723. The van der Waals surface area contributed by atoms with Gasteiger partial charge in [0.15, 0.2) is 5.13 Å². The Bertz CT molecular complexity index is 560. The summed E-state index contributed by atoms with van der Waals surface area (Å²) in [5, 5.41) is 4.44. The number of carbonyl (C=O) groups excluding carboxylic acids is 1. The molecule has 0 atom stereocenters. The van der Waals surface area contributed by atoms with Gasteiger partial charge in [-0.15, -0.1) is 22.7 Å². The third-order valence-electron chi connectivity index (χ3n) is 3.12. The molecule has 1 aliphatic carbocycles. The van der Waals surface area contributed by atoms with Crippen LogP contribution in [0.5, 0.6) is 0 Å². The van der Waals surface area contributed by atoms with Crippen LogP contribution < -0.4 is 5.73 Å². The van der Waals surface area contributed by atoms with Gasteiger partial charge in [0.1, 0.15) is 0 Å². The molecule has 3 rings (SSSR count). The van der Waals surface area contributed by atoms with Crippen LogP contribution in [-0.4, -0.2) is 21.8 Å². The zero-order valence-electron chi connectivity index (χ0n) is 10.4. The second-order valence-corrected chi connectivity index (χ2v) is 6.61. The maximum Gasteiger partial charge on any atom is 0.229 e. The maximum atomic E-state index is 12.4. The van der Waals surface area contributed by atoms with Crippen molar-refractivity contribution in [2.45, 2.75) is 31.8 Å². The van der Waals surface area contributed by atoms with Crippen LogP contribution >= 0.6 is 22.7 Å². The second kappa shape index (κ2) is 5.30. The largest absolute Gasteiger partial charge is 0.375 e. The van der Waals surface area contributed by atoms with Gasteiger partial charge in [-0.05, 0) is 24.3 Å². The van der Waals surface area contributed by atoms with E-state index in [1.165, 1.54) is 16.2 Å². The van der Waals surface area contributed by atoms with Gasteiger partial charge in [-0.1, -0.05) is 6.07 Å². The first-order valence-corrected chi connectivity index (χ1v) is 8.00. The van der Waals surface area contributed by atoms with Crippen molar-refractivity contribution >= 4 is 33.7 Å². The first-order valence-electron chi connectivity index (χ1n) is 6.24. The second-order valence-electron chi connectivity index (χ2n) is 4.69. The highest BCUT2D eigenvalue weighted by Gasteiger charge is 2.32. The fourth-order valence-corrected chi connectivity index (χ4v) is 3.30. The first kappa shape index (κ1) is 12.6. The van der Waals surface area contributed by atoms with Crippen LogP contribution in [0.2, 0.25) is 0 Å². The van der Waals surface area contributed by atoms with Crippen LogP contribution in [0.25, 0.3) is 0 Å². The zero-order chi connectivity index (χ0) is 13.2. The van der Waals surface area contributed by atoms with Gasteiger partial charge in [-0.2, -0.15) is 0 Å². The molecule has 0 aromatic carbocycles. The number of carbonyl (C=O) groups is 1. The summed E-state index contributed by atoms with van der Waals surface area (Å²) in [6, 6.07) is 4.52. The van der Waals surface area contributed by atoms with Crippen LogP contribution in [-0.2, 0) is 17.8 Å². The van der Waals surface area contributed by atoms with Gasteiger partial charge in [-0.25, -0.2) is 4.98 Å². The van der Waals surface area contributed by atoms with Gasteiger partial charge in [0.2, 0.25) is 5.91 Å². The molecule has 1 fully saturated rings. The maximum absolute atomic E-state index is 12.4. The standard InChI is InChI=1S/C13H15N3OS2/c14-13-15-9(8-19-13)6-12(17)16(10-3-4-10)7-11-2-1-5-18-11/h1-2,5,8,10H,3-4,6-7H2,(H2,14,15). The number of anilines is 1. The summed E-state index contributed by atoms with van der Waals surface area (Å²) in [7, 11) is 0. The van der Waals surface area contributed by atoms with E-state index < -0.39 is 0 Å². The van der Waals surface area contributed by atoms with Gasteiger partial charge < -0.3 is 10.6 Å². The molecule has 100 valence electrons. The van der Waals surface area contributed by atoms with E-state index in [0.29, 0.717) is 17.6 Å². The number of thiophene rings is 1. The van der Waals surface area contributed by atoms with Crippen molar-refractivity contribution in [2.75, 3.05) is 5.73 Å². The Hall–Kier alpha value is -1.40. The molecule has 2 N–H and O–H groups in total. The predicted molar refractivity (Wildman–Crippen MR) is 78.1 cm³/mol. The number of hydrogen-bond donors (Lipinski definition) is 1. The summed E-state index contributed by atoms with van der Waals surface area (Å²) in [5.41, 5.74) is 6.38. The molecular weight excluding hydrogens is 278 g/mol. The van der Waals surface area contributed by atoms with E-state index in [4.69, 9.17) is 5.73 Å². The highest BCUT2D eigenvalue weighted by Crippen LogP contribution is 2.30. The number of nitrogen functional groups attached to an aromatic ring is 1. The Balaban J connectivity index is 1.67. The SMILES string of the molecule is Nc1nc(CC(=O)N(Cc2cccs2)C2CC2)cs1. The van der Waals surface area contributed by atoms with E-state index in [-0.39, 0.29) is 5.91 Å². The molecule has 0 aliphatic heterocycles. The van der Waals surface area contributed by atoms with E-state index in [2.05, 4.69) is 11.1 Å². The van der Waals surface area contributed by atoms with Crippen LogP contribution in [0.4, 0.5) is 5.13 Å². The van der Waals surface area contributed by atoms with Crippen LogP contribution in [0.3, 0.4) is 0 Å². The number of rotatable bonds is 5. The molecule has 2 heterocycles. The number of hydrogen-bond acceptors (Lipinski definition) is 5. The van der Waals surface area contributed by atoms with Crippen molar-refractivity contribution in [3.63, 3.8) is 0 Å². The topological polar surface area (TPSA) is 59.2 Å². The minimum absolute atomic E-state index is 0.154. The highest BCUT2D eigenvalue weighted by molar-refractivity contribution is 7.13. The molecular formula is C13H15N3OS2. The van der Waals surface area contributed by atoms with E-state index in [0.717, 1.165) is 25.1 Å². The Morgan fingerprint density at radius 3 is 2.89 bits per heavy atom. The molecule has 4 nitrogen and oxygen atoms in total. The minimum atomic E-state index is 0.154. The van der Waals surface area contributed by atoms with Crippen molar-refractivity contribution in [1.29, 1.82) is 0 Å². The molecule has 0 bridgehead atoms. The summed E-state index contributed by atoms with van der Waals surface area (Å²) in [6.07, 6.45) is 2.60. The van der Waals surface area contributed by atoms with E-state index in [9.17, 15) is 4.79 Å². The molecule has 1 saturated carbocycles. The fourth-order valence-electron chi connectivity index (χ4n) is 2.04. The Morgan fingerprint density at radius 2 is 2.32 bits per heavy atom. The summed E-state index contributed by atoms with van der Waals surface area (Å²) in [4.78, 5) is 19.8. The van der Waals surface area contributed by atoms with Crippen molar-refractivity contribution in [2.24, 2.45) is 0 Å². The molecule has 0 radical (unpaired) electrons. The molecule has 6 heteroatoms. The van der Waals surface area contributed by atoms with Crippen LogP contribution in [0, 0.1) is 0 Å². The third-order valence-corrected chi connectivity index (χ3v) is 4.70. The monoisotopic (exact) mass is 293 g/mol. The number of aromatic nitrogens is 1. The Kier molecular flexibility index (Phi) is 3.52. The van der Waals surface area contributed by atoms with Gasteiger partial charge in [0.05, 0.1) is 18.7 Å². The molecule has 2 aromatic rings. The zero-order valence-corrected chi connectivity index (χ0v) is 12.0. The lowest BCUT2D eigenvalue weighted by Gasteiger charge is -2.21. The molecule has 1 amide bonds. The smallest absolute Gasteiger partial charge is 0.229 e. The highest BCUT2D eigenvalue weighted by atomic mass is 32.1. The van der Waals surface area contributed by atoms with E-state index >= 15 is 0 Å². The molecule has 2 aromatic heterocycles. The van der Waals surface area contributed by atoms with Crippen molar-refractivity contribution in [1.82, 2.24) is 9.88 Å². The summed E-state index contributed by atoms with van der Waals surface area (Å²) < 4.78 is 0. The van der Waals surface area contributed by atoms with Gasteiger partial charge in [0, 0.05) is 16.3 Å². The molecule has 1 aliphatic rings. The quantitative estimate of drug-likeness (QED) is 0.921. The van der Waals surface area contributed by atoms with Gasteiger partial charge >= 0.3 is 0 Å². The average molecular weight is 293 g/mol. The Labute approximate surface area is 119 Å². The normalized spacial score (nSPS) is 14.5. The van der Waals surface area contributed by atoms with Crippen molar-refractivity contribution < 1.29 is 4.79 Å². The summed E-state index contributed by atoms with van der Waals surface area (Å²) in [5.74, 6) is 0.154. The number of thiazole rings is 1. The predicted octanol–water partition coefficient (Wildman–Crippen LogP) is 2.52. The average Bonchev–Trinajstić information content (AvgIpc) is 2.93. The molecule has 0 spiro atoms. The lowest BCUT2D eigenvalue weighted by Crippen LogP contribution is -2.33. The fraction of sp³-hybridized carbons (Fsp3) is 0.385. The lowest BCUT2D eigenvalue weighted by atomic mass is 10.3. The van der Waals surface area contributed by atoms with Crippen molar-refractivity contribution in [3.8, 4) is 0 Å². The van der Waals surface area contributed by atoms with Gasteiger partial charge in [0.25, 0.3) is 0 Å². The van der Waals surface area contributed by atoms with Crippen LogP contribution in [0.1, 0.15) is 23.4 Å². The number of amides is 1. The van der Waals surface area contributed by atoms with E-state index in [1.807, 2.05) is 21.7 Å². The van der Waals surface area contributed by atoms with E-state index in [1.54, 1.807) is 11.3 Å². The summed E-state index contributed by atoms with van der Waals surface area (Å²) >= 11 is 3.08. The minimum Gasteiger partial charge on any atom is -0.375 e. The number of nitrogens with zero attached hydrogens (tertiary/aromatic N) is 2. The van der Waals surface area contributed by atoms with Crippen molar-refractivity contribution in [3.05, 3.63) is 33.5 Å². The first-order chi connectivity index (χ1) is 9.22. The number of nitrogens with two attached hydrogens (primary N) is 1. The molecule has 19 heavy (non-hydrogen) atoms. The lowest BCUT2D eigenvalue weighted by molar-refractivity contribution is -0.131. The Morgan fingerprint density at radius 1 is 1.47 bits per heavy atom. The third kappa shape index (κ3) is 3.13. The van der Waals surface area contributed by atoms with Crippen LogP contribution in [0.15, 0.2) is 22.9 Å². The van der Waals surface area contributed by atoms with Gasteiger partial charge in [-0.3, -0.25) is 4.79 Å². The molecule has 0 saturated heterocycles. The molecule has 0 unspecified atom stereocenters.